The molecule has 28 heavy (non-hydrogen) atoms. The van der Waals surface area contributed by atoms with E-state index >= 15 is 0 Å². The average molecular weight is 368 g/mol. The molecule has 4 heteroatoms. The highest BCUT2D eigenvalue weighted by molar-refractivity contribution is 6.19. The molecule has 4 nitrogen and oxygen atoms in total. The number of rotatable bonds is 5. The molecule has 1 aliphatic heterocycles. The monoisotopic (exact) mass is 368 g/mol. The molecule has 0 atom stereocenters. The van der Waals surface area contributed by atoms with Crippen LogP contribution in [0, 0.1) is 0 Å². The zero-order chi connectivity index (χ0) is 19.3. The second-order valence-electron chi connectivity index (χ2n) is 6.48. The number of benzene rings is 3. The lowest BCUT2D eigenvalue weighted by atomic mass is 10.1. The SMILES string of the molecule is COc1cccc(/C=C2/N=C(c3ccccc3)N(Cc3ccccc3)C2=O)c1. The van der Waals surface area contributed by atoms with Gasteiger partial charge in [0, 0.05) is 5.56 Å². The van der Waals surface area contributed by atoms with Gasteiger partial charge in [-0.1, -0.05) is 72.8 Å². The molecular weight excluding hydrogens is 348 g/mol. The van der Waals surface area contributed by atoms with Crippen molar-refractivity contribution < 1.29 is 9.53 Å². The Morgan fingerprint density at radius 3 is 2.36 bits per heavy atom. The number of aliphatic imine (C=N–C) groups is 1. The Kier molecular flexibility index (Phi) is 5.02. The fourth-order valence-electron chi connectivity index (χ4n) is 3.16. The number of amides is 1. The van der Waals surface area contributed by atoms with E-state index in [4.69, 9.17) is 4.74 Å². The van der Waals surface area contributed by atoms with Gasteiger partial charge in [-0.3, -0.25) is 9.69 Å². The van der Waals surface area contributed by atoms with Crippen molar-refractivity contribution in [3.8, 4) is 5.75 Å². The zero-order valence-electron chi connectivity index (χ0n) is 15.6. The maximum absolute atomic E-state index is 13.2. The standard InChI is InChI=1S/C24H20N2O2/c1-28-21-14-8-11-19(15-21)16-22-24(27)26(17-18-9-4-2-5-10-18)23(25-22)20-12-6-3-7-13-20/h2-16H,17H2,1H3/b22-16+. The minimum atomic E-state index is -0.106. The first-order valence-corrected chi connectivity index (χ1v) is 9.10. The van der Waals surface area contributed by atoms with E-state index in [1.54, 1.807) is 18.1 Å². The Hall–Kier alpha value is -3.66. The van der Waals surface area contributed by atoms with Crippen LogP contribution in [-0.4, -0.2) is 23.8 Å². The average Bonchev–Trinajstić information content (AvgIpc) is 3.05. The Bertz CT molecular complexity index is 1040. The molecular formula is C24H20N2O2. The minimum Gasteiger partial charge on any atom is -0.497 e. The van der Waals surface area contributed by atoms with Crippen molar-refractivity contribution in [2.45, 2.75) is 6.54 Å². The maximum Gasteiger partial charge on any atom is 0.278 e. The number of carbonyl (C=O) groups is 1. The molecule has 3 aromatic carbocycles. The van der Waals surface area contributed by atoms with Crippen molar-refractivity contribution in [1.29, 1.82) is 0 Å². The predicted molar refractivity (Wildman–Crippen MR) is 111 cm³/mol. The van der Waals surface area contributed by atoms with Crippen LogP contribution >= 0.6 is 0 Å². The van der Waals surface area contributed by atoms with Crippen molar-refractivity contribution in [3.63, 3.8) is 0 Å². The van der Waals surface area contributed by atoms with E-state index in [9.17, 15) is 4.79 Å². The van der Waals surface area contributed by atoms with Gasteiger partial charge >= 0.3 is 0 Å². The molecule has 0 fully saturated rings. The van der Waals surface area contributed by atoms with E-state index in [-0.39, 0.29) is 5.91 Å². The van der Waals surface area contributed by atoms with Crippen LogP contribution in [0.4, 0.5) is 0 Å². The third-order valence-corrected chi connectivity index (χ3v) is 4.56. The fourth-order valence-corrected chi connectivity index (χ4v) is 3.16. The first-order chi connectivity index (χ1) is 13.7. The van der Waals surface area contributed by atoms with Crippen LogP contribution < -0.4 is 4.74 Å². The summed E-state index contributed by atoms with van der Waals surface area (Å²) in [6, 6.07) is 27.3. The van der Waals surface area contributed by atoms with E-state index < -0.39 is 0 Å². The minimum absolute atomic E-state index is 0.106. The number of hydrogen-bond acceptors (Lipinski definition) is 3. The highest BCUT2D eigenvalue weighted by Crippen LogP contribution is 2.25. The van der Waals surface area contributed by atoms with E-state index in [0.717, 1.165) is 22.4 Å². The van der Waals surface area contributed by atoms with Gasteiger partial charge in [0.25, 0.3) is 5.91 Å². The summed E-state index contributed by atoms with van der Waals surface area (Å²) in [6.45, 7) is 0.475. The van der Waals surface area contributed by atoms with Gasteiger partial charge < -0.3 is 4.74 Å². The molecule has 1 amide bonds. The van der Waals surface area contributed by atoms with Gasteiger partial charge in [0.2, 0.25) is 0 Å². The van der Waals surface area contributed by atoms with Gasteiger partial charge in [-0.2, -0.15) is 0 Å². The molecule has 0 saturated carbocycles. The second kappa shape index (κ2) is 7.92. The lowest BCUT2D eigenvalue weighted by molar-refractivity contribution is -0.123. The Morgan fingerprint density at radius 2 is 1.64 bits per heavy atom. The predicted octanol–water partition coefficient (Wildman–Crippen LogP) is 4.53. The summed E-state index contributed by atoms with van der Waals surface area (Å²) in [4.78, 5) is 19.6. The Balaban J connectivity index is 1.73. The summed E-state index contributed by atoms with van der Waals surface area (Å²) in [5.41, 5.74) is 3.27. The quantitative estimate of drug-likeness (QED) is 0.621. The van der Waals surface area contributed by atoms with Crippen LogP contribution in [0.1, 0.15) is 16.7 Å². The van der Waals surface area contributed by atoms with Crippen molar-refractivity contribution in [3.05, 3.63) is 107 Å². The highest BCUT2D eigenvalue weighted by Gasteiger charge is 2.31. The number of amidine groups is 1. The van der Waals surface area contributed by atoms with Crippen molar-refractivity contribution in [2.75, 3.05) is 7.11 Å². The molecule has 0 radical (unpaired) electrons. The molecule has 138 valence electrons. The largest absolute Gasteiger partial charge is 0.497 e. The first-order valence-electron chi connectivity index (χ1n) is 9.10. The van der Waals surface area contributed by atoms with Crippen LogP contribution in [-0.2, 0) is 11.3 Å². The van der Waals surface area contributed by atoms with Crippen LogP contribution in [0.5, 0.6) is 5.75 Å². The van der Waals surface area contributed by atoms with E-state index in [1.807, 2.05) is 84.9 Å². The molecule has 0 N–H and O–H groups in total. The fraction of sp³-hybridized carbons (Fsp3) is 0.0833. The smallest absolute Gasteiger partial charge is 0.278 e. The second-order valence-corrected chi connectivity index (χ2v) is 6.48. The van der Waals surface area contributed by atoms with E-state index in [2.05, 4.69) is 4.99 Å². The lowest BCUT2D eigenvalue weighted by Crippen LogP contribution is -2.32. The molecule has 3 aromatic rings. The van der Waals surface area contributed by atoms with Crippen LogP contribution in [0.2, 0.25) is 0 Å². The topological polar surface area (TPSA) is 41.9 Å². The van der Waals surface area contributed by atoms with Crippen LogP contribution in [0.3, 0.4) is 0 Å². The number of methoxy groups -OCH3 is 1. The third-order valence-electron chi connectivity index (χ3n) is 4.56. The number of ether oxygens (including phenoxy) is 1. The van der Waals surface area contributed by atoms with Crippen molar-refractivity contribution in [1.82, 2.24) is 4.90 Å². The Morgan fingerprint density at radius 1 is 0.929 bits per heavy atom. The Labute approximate surface area is 164 Å². The van der Waals surface area contributed by atoms with Gasteiger partial charge in [-0.15, -0.1) is 0 Å². The molecule has 0 aliphatic carbocycles. The van der Waals surface area contributed by atoms with Gasteiger partial charge in [0.15, 0.2) is 0 Å². The molecule has 1 aliphatic rings. The number of carbonyl (C=O) groups excluding carboxylic acids is 1. The zero-order valence-corrected chi connectivity index (χ0v) is 15.6. The summed E-state index contributed by atoms with van der Waals surface area (Å²) in [5, 5.41) is 0. The molecule has 0 saturated heterocycles. The molecule has 0 spiro atoms. The van der Waals surface area contributed by atoms with Gasteiger partial charge in [0.1, 0.15) is 17.3 Å². The van der Waals surface area contributed by atoms with Crippen molar-refractivity contribution in [2.24, 2.45) is 4.99 Å². The molecule has 4 rings (SSSR count). The molecule has 0 unspecified atom stereocenters. The van der Waals surface area contributed by atoms with Crippen LogP contribution in [0.15, 0.2) is 95.6 Å². The molecule has 0 bridgehead atoms. The summed E-state index contributed by atoms with van der Waals surface area (Å²) >= 11 is 0. The van der Waals surface area contributed by atoms with E-state index in [1.165, 1.54) is 0 Å². The molecule has 1 heterocycles. The van der Waals surface area contributed by atoms with Gasteiger partial charge in [-0.05, 0) is 29.3 Å². The molecule has 0 aromatic heterocycles. The normalized spacial score (nSPS) is 15.0. The lowest BCUT2D eigenvalue weighted by Gasteiger charge is -2.18. The van der Waals surface area contributed by atoms with Crippen molar-refractivity contribution >= 4 is 17.8 Å². The third kappa shape index (κ3) is 3.71. The van der Waals surface area contributed by atoms with Gasteiger partial charge in [-0.25, -0.2) is 4.99 Å². The summed E-state index contributed by atoms with van der Waals surface area (Å²) in [5.74, 6) is 1.31. The first kappa shape index (κ1) is 17.7. The maximum atomic E-state index is 13.2. The summed E-state index contributed by atoms with van der Waals surface area (Å²) in [7, 11) is 1.63. The highest BCUT2D eigenvalue weighted by atomic mass is 16.5. The number of nitrogens with zero attached hydrogens (tertiary/aromatic N) is 2. The summed E-state index contributed by atoms with van der Waals surface area (Å²) < 4.78 is 5.28. The summed E-state index contributed by atoms with van der Waals surface area (Å²) in [6.07, 6.45) is 1.80. The number of hydrogen-bond donors (Lipinski definition) is 0. The van der Waals surface area contributed by atoms with Gasteiger partial charge in [0.05, 0.1) is 13.7 Å². The van der Waals surface area contributed by atoms with E-state index in [0.29, 0.717) is 18.1 Å². The van der Waals surface area contributed by atoms with Crippen LogP contribution in [0.25, 0.3) is 6.08 Å².